The molecule has 0 rings (SSSR count). The first-order chi connectivity index (χ1) is 9.09. The third-order valence-corrected chi connectivity index (χ3v) is 3.96. The van der Waals surface area contributed by atoms with Gasteiger partial charge >= 0.3 is 0 Å². The highest BCUT2D eigenvalue weighted by atomic mass is 16.1. The third-order valence-electron chi connectivity index (χ3n) is 3.96. The number of hydrogen-bond acceptors (Lipinski definition) is 1. The number of Topliss-reactive ketones (excluding diaryl/α,β-unsaturated/α-hetero) is 1. The molecule has 1 unspecified atom stereocenters. The minimum atomic E-state index is -0.256. The van der Waals surface area contributed by atoms with Gasteiger partial charge in [-0.2, -0.15) is 0 Å². The molecule has 0 bridgehead atoms. The highest BCUT2D eigenvalue weighted by Gasteiger charge is 2.25. The molecule has 0 fully saturated rings. The number of carbonyl (C=O) groups is 1. The minimum absolute atomic E-state index is 0.256. The molecule has 1 heteroatoms. The number of allylic oxidation sites excluding steroid dienone is 2. The van der Waals surface area contributed by atoms with Gasteiger partial charge in [0.2, 0.25) is 0 Å². The van der Waals surface area contributed by atoms with Crippen LogP contribution in [0.2, 0.25) is 0 Å². The van der Waals surface area contributed by atoms with Gasteiger partial charge in [0.25, 0.3) is 0 Å². The van der Waals surface area contributed by atoms with Gasteiger partial charge < -0.3 is 0 Å². The van der Waals surface area contributed by atoms with Crippen LogP contribution >= 0.6 is 0 Å². The van der Waals surface area contributed by atoms with Crippen LogP contribution in [-0.4, -0.2) is 5.78 Å². The lowest BCUT2D eigenvalue weighted by molar-refractivity contribution is -0.122. The Morgan fingerprint density at radius 2 is 1.60 bits per heavy atom. The molecule has 1 nitrogen and oxygen atoms in total. The molecule has 0 aliphatic carbocycles. The quantitative estimate of drug-likeness (QED) is 0.485. The van der Waals surface area contributed by atoms with E-state index in [4.69, 9.17) is 0 Å². The molecule has 118 valence electrons. The molecule has 0 aromatic rings. The summed E-state index contributed by atoms with van der Waals surface area (Å²) in [6, 6.07) is 0. The summed E-state index contributed by atoms with van der Waals surface area (Å²) in [7, 11) is 0. The zero-order chi connectivity index (χ0) is 15.9. The summed E-state index contributed by atoms with van der Waals surface area (Å²) >= 11 is 0. The molecule has 0 radical (unpaired) electrons. The van der Waals surface area contributed by atoms with Gasteiger partial charge in [-0.3, -0.25) is 4.79 Å². The second kappa shape index (κ2) is 8.64. The molecule has 0 saturated carbocycles. The van der Waals surface area contributed by atoms with Gasteiger partial charge in [0, 0.05) is 5.41 Å². The SMILES string of the molecule is CC/C(C(=O)C(C)(C)C)=C(/C)CC(C)CCCC(C)C. The third kappa shape index (κ3) is 7.26. The maximum atomic E-state index is 12.5. The van der Waals surface area contributed by atoms with Gasteiger partial charge in [-0.15, -0.1) is 0 Å². The van der Waals surface area contributed by atoms with E-state index in [1.54, 1.807) is 0 Å². The average Bonchev–Trinajstić information content (AvgIpc) is 2.27. The first kappa shape index (κ1) is 19.4. The standard InChI is InChI=1S/C19H36O/c1-9-17(18(20)19(6,7)8)16(5)13-15(4)12-10-11-14(2)3/h14-15H,9-13H2,1-8H3/b17-16+. The molecule has 0 saturated heterocycles. The Morgan fingerprint density at radius 3 is 2.00 bits per heavy atom. The first-order valence-corrected chi connectivity index (χ1v) is 8.33. The molecule has 0 aromatic heterocycles. The highest BCUT2D eigenvalue weighted by molar-refractivity contribution is 5.99. The second-order valence-corrected chi connectivity index (χ2v) is 7.83. The molecule has 0 aliphatic rings. The van der Waals surface area contributed by atoms with Crippen LogP contribution in [0.25, 0.3) is 0 Å². The van der Waals surface area contributed by atoms with Crippen molar-refractivity contribution in [1.29, 1.82) is 0 Å². The summed E-state index contributed by atoms with van der Waals surface area (Å²) in [6.07, 6.45) is 5.83. The van der Waals surface area contributed by atoms with Crippen LogP contribution in [0.4, 0.5) is 0 Å². The normalized spacial score (nSPS) is 15.2. The average molecular weight is 280 g/mol. The molecule has 0 aliphatic heterocycles. The molecule has 0 spiro atoms. The van der Waals surface area contributed by atoms with E-state index in [0.29, 0.717) is 11.7 Å². The Balaban J connectivity index is 4.63. The van der Waals surface area contributed by atoms with Gasteiger partial charge in [0.15, 0.2) is 5.78 Å². The fraction of sp³-hybridized carbons (Fsp3) is 0.842. The van der Waals surface area contributed by atoms with E-state index in [0.717, 1.165) is 24.3 Å². The molecule has 1 atom stereocenters. The molecular formula is C19H36O. The van der Waals surface area contributed by atoms with Crippen LogP contribution < -0.4 is 0 Å². The fourth-order valence-corrected chi connectivity index (χ4v) is 2.73. The van der Waals surface area contributed by atoms with Crippen molar-refractivity contribution in [2.75, 3.05) is 0 Å². The van der Waals surface area contributed by atoms with E-state index >= 15 is 0 Å². The number of hydrogen-bond donors (Lipinski definition) is 0. The van der Waals surface area contributed by atoms with Crippen LogP contribution in [0, 0.1) is 17.3 Å². The van der Waals surface area contributed by atoms with Crippen molar-refractivity contribution in [1.82, 2.24) is 0 Å². The lowest BCUT2D eigenvalue weighted by Gasteiger charge is -2.21. The lowest BCUT2D eigenvalue weighted by Crippen LogP contribution is -2.23. The predicted octanol–water partition coefficient (Wildman–Crippen LogP) is 6.18. The van der Waals surface area contributed by atoms with E-state index in [1.807, 2.05) is 20.8 Å². The van der Waals surface area contributed by atoms with Gasteiger partial charge in [-0.05, 0) is 37.2 Å². The number of carbonyl (C=O) groups excluding carboxylic acids is 1. The summed E-state index contributed by atoms with van der Waals surface area (Å²) in [6.45, 7) is 17.2. The van der Waals surface area contributed by atoms with E-state index in [9.17, 15) is 4.79 Å². The largest absolute Gasteiger partial charge is 0.294 e. The summed E-state index contributed by atoms with van der Waals surface area (Å²) in [4.78, 5) is 12.5. The van der Waals surface area contributed by atoms with Crippen LogP contribution in [0.1, 0.15) is 87.5 Å². The second-order valence-electron chi connectivity index (χ2n) is 7.83. The van der Waals surface area contributed by atoms with E-state index in [-0.39, 0.29) is 5.41 Å². The Morgan fingerprint density at radius 1 is 1.05 bits per heavy atom. The van der Waals surface area contributed by atoms with Crippen molar-refractivity contribution in [3.8, 4) is 0 Å². The maximum Gasteiger partial charge on any atom is 0.164 e. The Hall–Kier alpha value is -0.590. The maximum absolute atomic E-state index is 12.5. The Bertz CT molecular complexity index is 328. The topological polar surface area (TPSA) is 17.1 Å². The van der Waals surface area contributed by atoms with Crippen molar-refractivity contribution in [2.24, 2.45) is 17.3 Å². The van der Waals surface area contributed by atoms with Crippen LogP contribution in [0.5, 0.6) is 0 Å². The van der Waals surface area contributed by atoms with Crippen molar-refractivity contribution in [2.45, 2.75) is 87.5 Å². The van der Waals surface area contributed by atoms with Crippen LogP contribution in [-0.2, 0) is 4.79 Å². The summed E-state index contributed by atoms with van der Waals surface area (Å²) in [5.74, 6) is 1.81. The van der Waals surface area contributed by atoms with Crippen molar-refractivity contribution in [3.63, 3.8) is 0 Å². The monoisotopic (exact) mass is 280 g/mol. The summed E-state index contributed by atoms with van der Waals surface area (Å²) in [5, 5.41) is 0. The number of rotatable bonds is 8. The molecule has 20 heavy (non-hydrogen) atoms. The van der Waals surface area contributed by atoms with Crippen molar-refractivity contribution >= 4 is 5.78 Å². The minimum Gasteiger partial charge on any atom is -0.294 e. The number of ketones is 1. The molecule has 0 amide bonds. The predicted molar refractivity (Wildman–Crippen MR) is 89.9 cm³/mol. The zero-order valence-corrected chi connectivity index (χ0v) is 15.1. The van der Waals surface area contributed by atoms with E-state index < -0.39 is 0 Å². The molecule has 0 N–H and O–H groups in total. The Kier molecular flexibility index (Phi) is 8.39. The fourth-order valence-electron chi connectivity index (χ4n) is 2.73. The zero-order valence-electron chi connectivity index (χ0n) is 15.1. The van der Waals surface area contributed by atoms with Gasteiger partial charge in [0.05, 0.1) is 0 Å². The molecular weight excluding hydrogens is 244 g/mol. The Labute approximate surface area is 127 Å². The summed E-state index contributed by atoms with van der Waals surface area (Å²) < 4.78 is 0. The van der Waals surface area contributed by atoms with Gasteiger partial charge in [-0.1, -0.05) is 73.3 Å². The molecule has 0 aromatic carbocycles. The lowest BCUT2D eigenvalue weighted by atomic mass is 9.82. The van der Waals surface area contributed by atoms with E-state index in [1.165, 1.54) is 24.8 Å². The first-order valence-electron chi connectivity index (χ1n) is 8.33. The summed E-state index contributed by atoms with van der Waals surface area (Å²) in [5.41, 5.74) is 2.12. The van der Waals surface area contributed by atoms with E-state index in [2.05, 4.69) is 34.6 Å². The van der Waals surface area contributed by atoms with Gasteiger partial charge in [0.1, 0.15) is 0 Å². The van der Waals surface area contributed by atoms with Gasteiger partial charge in [-0.25, -0.2) is 0 Å². The smallest absolute Gasteiger partial charge is 0.164 e. The van der Waals surface area contributed by atoms with Crippen LogP contribution in [0.15, 0.2) is 11.1 Å². The van der Waals surface area contributed by atoms with Crippen LogP contribution in [0.3, 0.4) is 0 Å². The highest BCUT2D eigenvalue weighted by Crippen LogP contribution is 2.27. The van der Waals surface area contributed by atoms with Crippen molar-refractivity contribution in [3.05, 3.63) is 11.1 Å². The van der Waals surface area contributed by atoms with Crippen molar-refractivity contribution < 1.29 is 4.79 Å². The molecule has 0 heterocycles.